The Kier molecular flexibility index (Phi) is 2.08. The summed E-state index contributed by atoms with van der Waals surface area (Å²) in [6, 6.07) is 3.80. The fourth-order valence-electron chi connectivity index (χ4n) is 2.49. The van der Waals surface area contributed by atoms with Crippen molar-refractivity contribution in [2.75, 3.05) is 0 Å². The third-order valence-electron chi connectivity index (χ3n) is 3.17. The molecule has 1 heterocycles. The Hall–Kier alpha value is -1.28. The van der Waals surface area contributed by atoms with Crippen LogP contribution in [0.5, 0.6) is 0 Å². The summed E-state index contributed by atoms with van der Waals surface area (Å²) in [5.41, 5.74) is 3.35. The first kappa shape index (κ1) is 9.91. The summed E-state index contributed by atoms with van der Waals surface area (Å²) in [6.45, 7) is 1.94. The van der Waals surface area contributed by atoms with Gasteiger partial charge < -0.3 is 4.42 Å². The molecule has 3 heteroatoms. The Morgan fingerprint density at radius 1 is 1.25 bits per heavy atom. The Balaban J connectivity index is 2.53. The van der Waals surface area contributed by atoms with E-state index in [0.717, 1.165) is 41.3 Å². The number of hydrogen-bond acceptors (Lipinski definition) is 2. The molecule has 0 N–H and O–H groups in total. The molecule has 0 spiro atoms. The molecular formula is C13H11ClO2. The highest BCUT2D eigenvalue weighted by Crippen LogP contribution is 2.33. The normalized spacial score (nSPS) is 14.4. The first-order valence-corrected chi connectivity index (χ1v) is 5.79. The Bertz CT molecular complexity index is 640. The van der Waals surface area contributed by atoms with Crippen LogP contribution in [-0.2, 0) is 12.8 Å². The molecule has 1 aromatic heterocycles. The van der Waals surface area contributed by atoms with Crippen molar-refractivity contribution in [1.29, 1.82) is 0 Å². The van der Waals surface area contributed by atoms with Crippen molar-refractivity contribution in [2.45, 2.75) is 26.2 Å². The third kappa shape index (κ3) is 1.30. The van der Waals surface area contributed by atoms with Gasteiger partial charge in [0.2, 0.25) is 0 Å². The highest BCUT2D eigenvalue weighted by molar-refractivity contribution is 6.35. The summed E-state index contributed by atoms with van der Waals surface area (Å²) < 4.78 is 5.33. The summed E-state index contributed by atoms with van der Waals surface area (Å²) in [5, 5.41) is 1.62. The van der Waals surface area contributed by atoms with E-state index < -0.39 is 0 Å². The lowest BCUT2D eigenvalue weighted by molar-refractivity contribution is 0.552. The third-order valence-corrected chi connectivity index (χ3v) is 3.47. The van der Waals surface area contributed by atoms with E-state index in [2.05, 4.69) is 0 Å². The predicted molar refractivity (Wildman–Crippen MR) is 64.3 cm³/mol. The Morgan fingerprint density at radius 2 is 2.00 bits per heavy atom. The van der Waals surface area contributed by atoms with Crippen molar-refractivity contribution in [3.05, 3.63) is 44.3 Å². The van der Waals surface area contributed by atoms with Gasteiger partial charge in [-0.15, -0.1) is 0 Å². The molecule has 82 valence electrons. The smallest absolute Gasteiger partial charge is 0.339 e. The number of halogens is 1. The lowest BCUT2D eigenvalue weighted by Gasteiger charge is -2.06. The molecule has 0 fully saturated rings. The van der Waals surface area contributed by atoms with Crippen molar-refractivity contribution in [3.63, 3.8) is 0 Å². The van der Waals surface area contributed by atoms with Crippen molar-refractivity contribution < 1.29 is 4.42 Å². The summed E-state index contributed by atoms with van der Waals surface area (Å²) in [7, 11) is 0. The van der Waals surface area contributed by atoms with Gasteiger partial charge in [0.05, 0.1) is 5.02 Å². The van der Waals surface area contributed by atoms with Crippen molar-refractivity contribution in [1.82, 2.24) is 0 Å². The zero-order chi connectivity index (χ0) is 11.3. The van der Waals surface area contributed by atoms with Crippen LogP contribution in [0.25, 0.3) is 11.0 Å². The lowest BCUT2D eigenvalue weighted by atomic mass is 10.1. The van der Waals surface area contributed by atoms with Gasteiger partial charge in [-0.2, -0.15) is 0 Å². The van der Waals surface area contributed by atoms with E-state index in [1.54, 1.807) is 0 Å². The van der Waals surface area contributed by atoms with Crippen LogP contribution in [0.3, 0.4) is 0 Å². The summed E-state index contributed by atoms with van der Waals surface area (Å²) >= 11 is 6.24. The lowest BCUT2D eigenvalue weighted by Crippen LogP contribution is -2.07. The van der Waals surface area contributed by atoms with Crippen molar-refractivity contribution in [2.24, 2.45) is 0 Å². The fourth-order valence-corrected chi connectivity index (χ4v) is 2.87. The van der Waals surface area contributed by atoms with Crippen molar-refractivity contribution >= 4 is 22.6 Å². The van der Waals surface area contributed by atoms with E-state index in [-0.39, 0.29) is 5.63 Å². The van der Waals surface area contributed by atoms with Crippen LogP contribution < -0.4 is 5.63 Å². The van der Waals surface area contributed by atoms with E-state index >= 15 is 0 Å². The zero-order valence-corrected chi connectivity index (χ0v) is 9.73. The molecule has 1 aromatic carbocycles. The van der Waals surface area contributed by atoms with Crippen LogP contribution in [0.1, 0.15) is 23.1 Å². The predicted octanol–water partition coefficient (Wildman–Crippen LogP) is 3.24. The van der Waals surface area contributed by atoms with Gasteiger partial charge in [0.15, 0.2) is 0 Å². The quantitative estimate of drug-likeness (QED) is 0.655. The zero-order valence-electron chi connectivity index (χ0n) is 8.97. The van der Waals surface area contributed by atoms with E-state index in [9.17, 15) is 4.79 Å². The first-order valence-electron chi connectivity index (χ1n) is 5.41. The van der Waals surface area contributed by atoms with Crippen LogP contribution in [0.15, 0.2) is 21.3 Å². The van der Waals surface area contributed by atoms with Gasteiger partial charge in [-0.1, -0.05) is 11.6 Å². The van der Waals surface area contributed by atoms with Crippen LogP contribution >= 0.6 is 11.6 Å². The average molecular weight is 235 g/mol. The van der Waals surface area contributed by atoms with Gasteiger partial charge in [0, 0.05) is 10.9 Å². The first-order chi connectivity index (χ1) is 7.66. The average Bonchev–Trinajstić information content (AvgIpc) is 2.65. The monoisotopic (exact) mass is 234 g/mol. The molecule has 0 saturated carbocycles. The maximum absolute atomic E-state index is 11.7. The van der Waals surface area contributed by atoms with Gasteiger partial charge in [-0.25, -0.2) is 4.79 Å². The Morgan fingerprint density at radius 3 is 2.81 bits per heavy atom. The SMILES string of the molecule is Cc1cc(Cl)c2c3c(c(=O)oc2c1)CCC3. The minimum Gasteiger partial charge on any atom is -0.422 e. The summed E-state index contributed by atoms with van der Waals surface area (Å²) in [4.78, 5) is 11.7. The number of fused-ring (bicyclic) bond motifs is 3. The molecule has 0 amide bonds. The van der Waals surface area contributed by atoms with E-state index in [4.69, 9.17) is 16.0 Å². The van der Waals surface area contributed by atoms with Crippen LogP contribution in [0, 0.1) is 6.92 Å². The molecule has 0 bridgehead atoms. The maximum atomic E-state index is 11.7. The molecule has 0 atom stereocenters. The topological polar surface area (TPSA) is 30.2 Å². The fraction of sp³-hybridized carbons (Fsp3) is 0.308. The van der Waals surface area contributed by atoms with Crippen LogP contribution in [0.2, 0.25) is 5.02 Å². The van der Waals surface area contributed by atoms with Crippen LogP contribution in [-0.4, -0.2) is 0 Å². The molecule has 0 aliphatic heterocycles. The second kappa shape index (κ2) is 3.36. The standard InChI is InChI=1S/C13H11ClO2/c1-7-5-10(14)12-8-3-2-4-9(8)13(15)16-11(12)6-7/h5-6H,2-4H2,1H3. The van der Waals surface area contributed by atoms with E-state index in [1.807, 2.05) is 19.1 Å². The molecule has 2 aromatic rings. The molecule has 0 saturated heterocycles. The molecule has 1 aliphatic rings. The highest BCUT2D eigenvalue weighted by atomic mass is 35.5. The van der Waals surface area contributed by atoms with Crippen molar-refractivity contribution in [3.8, 4) is 0 Å². The summed E-state index contributed by atoms with van der Waals surface area (Å²) in [6.07, 6.45) is 2.77. The molecule has 2 nitrogen and oxygen atoms in total. The number of rotatable bonds is 0. The molecule has 16 heavy (non-hydrogen) atoms. The molecule has 3 rings (SSSR count). The van der Waals surface area contributed by atoms with Gasteiger partial charge in [0.1, 0.15) is 5.58 Å². The van der Waals surface area contributed by atoms with Gasteiger partial charge in [-0.3, -0.25) is 0 Å². The second-order valence-corrected chi connectivity index (χ2v) is 4.73. The van der Waals surface area contributed by atoms with Crippen LogP contribution in [0.4, 0.5) is 0 Å². The van der Waals surface area contributed by atoms with E-state index in [1.165, 1.54) is 0 Å². The van der Waals surface area contributed by atoms with E-state index in [0.29, 0.717) is 10.6 Å². The molecular weight excluding hydrogens is 224 g/mol. The number of benzene rings is 1. The molecule has 0 radical (unpaired) electrons. The number of aryl methyl sites for hydroxylation is 2. The molecule has 0 unspecified atom stereocenters. The maximum Gasteiger partial charge on any atom is 0.339 e. The van der Waals surface area contributed by atoms with Gasteiger partial charge in [-0.05, 0) is 49.4 Å². The highest BCUT2D eigenvalue weighted by Gasteiger charge is 2.21. The minimum absolute atomic E-state index is 0.193. The summed E-state index contributed by atoms with van der Waals surface area (Å²) in [5.74, 6) is 0. The second-order valence-electron chi connectivity index (χ2n) is 4.32. The largest absolute Gasteiger partial charge is 0.422 e. The molecule has 1 aliphatic carbocycles. The van der Waals surface area contributed by atoms with Gasteiger partial charge >= 0.3 is 5.63 Å². The minimum atomic E-state index is -0.193. The number of hydrogen-bond donors (Lipinski definition) is 0. The Labute approximate surface area is 97.8 Å². The van der Waals surface area contributed by atoms with Gasteiger partial charge in [0.25, 0.3) is 0 Å².